The summed E-state index contributed by atoms with van der Waals surface area (Å²) < 4.78 is 29.8. The number of nitrogens with zero attached hydrogens (tertiary/aromatic N) is 1. The molecule has 0 aromatic carbocycles. The second-order valence-corrected chi connectivity index (χ2v) is 6.96. The van der Waals surface area contributed by atoms with Gasteiger partial charge in [0.15, 0.2) is 0 Å². The highest BCUT2D eigenvalue weighted by atomic mass is 32.2. The van der Waals surface area contributed by atoms with Crippen molar-refractivity contribution in [1.82, 2.24) is 9.62 Å². The van der Waals surface area contributed by atoms with E-state index in [1.54, 1.807) is 4.31 Å². The summed E-state index contributed by atoms with van der Waals surface area (Å²) in [5, 5.41) is 3.49. The van der Waals surface area contributed by atoms with E-state index in [-0.39, 0.29) is 0 Å². The predicted octanol–water partition coefficient (Wildman–Crippen LogP) is 0.179. The molecule has 0 bridgehead atoms. The van der Waals surface area contributed by atoms with Gasteiger partial charge in [0.05, 0.1) is 12.4 Å². The lowest BCUT2D eigenvalue weighted by Crippen LogP contribution is -2.46. The van der Waals surface area contributed by atoms with Crippen molar-refractivity contribution < 1.29 is 13.2 Å². The zero-order valence-corrected chi connectivity index (χ0v) is 11.2. The van der Waals surface area contributed by atoms with Gasteiger partial charge >= 0.3 is 0 Å². The number of nitrogens with one attached hydrogen (secondary N) is 1. The van der Waals surface area contributed by atoms with Crippen molar-refractivity contribution in [1.29, 1.82) is 0 Å². The zero-order chi connectivity index (χ0) is 12.3. The largest absolute Gasteiger partial charge is 0.377 e. The van der Waals surface area contributed by atoms with Crippen LogP contribution in [-0.4, -0.2) is 57.4 Å². The Hall–Kier alpha value is -0.170. The molecule has 100 valence electrons. The quantitative estimate of drug-likeness (QED) is 0.785. The van der Waals surface area contributed by atoms with Crippen molar-refractivity contribution in [2.75, 3.05) is 32.5 Å². The number of piperidine rings is 1. The molecule has 1 N–H and O–H groups in total. The van der Waals surface area contributed by atoms with Crippen LogP contribution < -0.4 is 5.32 Å². The van der Waals surface area contributed by atoms with Crippen LogP contribution in [0.4, 0.5) is 0 Å². The Bertz CT molecular complexity index is 331. The second-order valence-electron chi connectivity index (χ2n) is 4.98. The summed E-state index contributed by atoms with van der Waals surface area (Å²) in [6, 6.07) is 0.442. The maximum atomic E-state index is 11.3. The average Bonchev–Trinajstić information content (AvgIpc) is 2.78. The van der Waals surface area contributed by atoms with Gasteiger partial charge in [0.2, 0.25) is 10.0 Å². The van der Waals surface area contributed by atoms with E-state index in [9.17, 15) is 8.42 Å². The van der Waals surface area contributed by atoms with Crippen LogP contribution in [0.3, 0.4) is 0 Å². The van der Waals surface area contributed by atoms with Gasteiger partial charge in [0.1, 0.15) is 0 Å². The molecule has 5 nitrogen and oxygen atoms in total. The molecule has 0 radical (unpaired) electrons. The van der Waals surface area contributed by atoms with Gasteiger partial charge in [-0.2, -0.15) is 0 Å². The Labute approximate surface area is 104 Å². The third kappa shape index (κ3) is 3.91. The summed E-state index contributed by atoms with van der Waals surface area (Å²) in [5.74, 6) is 0. The van der Waals surface area contributed by atoms with Crippen molar-refractivity contribution >= 4 is 10.0 Å². The zero-order valence-electron chi connectivity index (χ0n) is 10.4. The summed E-state index contributed by atoms with van der Waals surface area (Å²) in [6.07, 6.45) is 5.77. The topological polar surface area (TPSA) is 58.6 Å². The summed E-state index contributed by atoms with van der Waals surface area (Å²) in [6.45, 7) is 3.08. The molecule has 0 amide bonds. The van der Waals surface area contributed by atoms with Crippen LogP contribution in [0, 0.1) is 0 Å². The van der Waals surface area contributed by atoms with Crippen LogP contribution in [0.1, 0.15) is 25.7 Å². The number of hydrogen-bond donors (Lipinski definition) is 1. The summed E-state index contributed by atoms with van der Waals surface area (Å²) >= 11 is 0. The van der Waals surface area contributed by atoms with Crippen LogP contribution in [0.5, 0.6) is 0 Å². The number of sulfonamides is 1. The molecular weight excluding hydrogens is 240 g/mol. The Morgan fingerprint density at radius 3 is 2.53 bits per heavy atom. The van der Waals surface area contributed by atoms with E-state index in [4.69, 9.17) is 4.74 Å². The Morgan fingerprint density at radius 1 is 1.29 bits per heavy atom. The molecule has 1 unspecified atom stereocenters. The molecule has 6 heteroatoms. The van der Waals surface area contributed by atoms with Gasteiger partial charge < -0.3 is 10.1 Å². The van der Waals surface area contributed by atoms with Gasteiger partial charge in [-0.1, -0.05) is 0 Å². The van der Waals surface area contributed by atoms with E-state index in [0.29, 0.717) is 25.2 Å². The van der Waals surface area contributed by atoms with Crippen molar-refractivity contribution in [2.24, 2.45) is 0 Å². The maximum Gasteiger partial charge on any atom is 0.211 e. The highest BCUT2D eigenvalue weighted by Crippen LogP contribution is 2.15. The molecule has 1 atom stereocenters. The SMILES string of the molecule is CS(=O)(=O)N1CCC(NCC2CCCO2)CC1. The first-order valence-electron chi connectivity index (χ1n) is 6.36. The van der Waals surface area contributed by atoms with E-state index < -0.39 is 10.0 Å². The highest BCUT2D eigenvalue weighted by Gasteiger charge is 2.25. The van der Waals surface area contributed by atoms with E-state index in [1.165, 1.54) is 12.7 Å². The average molecular weight is 262 g/mol. The van der Waals surface area contributed by atoms with Crippen LogP contribution in [0.2, 0.25) is 0 Å². The Morgan fingerprint density at radius 2 is 2.00 bits per heavy atom. The summed E-state index contributed by atoms with van der Waals surface area (Å²) in [5.41, 5.74) is 0. The van der Waals surface area contributed by atoms with Gasteiger partial charge in [-0.05, 0) is 25.7 Å². The second kappa shape index (κ2) is 5.65. The summed E-state index contributed by atoms with van der Waals surface area (Å²) in [4.78, 5) is 0. The van der Waals surface area contributed by atoms with Gasteiger partial charge in [0, 0.05) is 32.3 Å². The molecule has 17 heavy (non-hydrogen) atoms. The lowest BCUT2D eigenvalue weighted by Gasteiger charge is -2.31. The lowest BCUT2D eigenvalue weighted by molar-refractivity contribution is 0.105. The van der Waals surface area contributed by atoms with Crippen LogP contribution >= 0.6 is 0 Å². The molecule has 0 spiro atoms. The molecule has 2 aliphatic heterocycles. The number of hydrogen-bond acceptors (Lipinski definition) is 4. The van der Waals surface area contributed by atoms with Gasteiger partial charge in [-0.3, -0.25) is 0 Å². The Balaban J connectivity index is 1.68. The lowest BCUT2D eigenvalue weighted by atomic mass is 10.1. The summed E-state index contributed by atoms with van der Waals surface area (Å²) in [7, 11) is -3.00. The van der Waals surface area contributed by atoms with E-state index in [2.05, 4.69) is 5.32 Å². The molecule has 0 aromatic heterocycles. The molecule has 0 saturated carbocycles. The smallest absolute Gasteiger partial charge is 0.211 e. The maximum absolute atomic E-state index is 11.3. The molecule has 2 aliphatic rings. The molecule has 2 fully saturated rings. The van der Waals surface area contributed by atoms with E-state index >= 15 is 0 Å². The standard InChI is InChI=1S/C11H22N2O3S/c1-17(14,15)13-6-4-10(5-7-13)12-9-11-3-2-8-16-11/h10-12H,2-9H2,1H3. The molecule has 2 saturated heterocycles. The van der Waals surface area contributed by atoms with Gasteiger partial charge in [-0.25, -0.2) is 12.7 Å². The normalized spacial score (nSPS) is 28.6. The van der Waals surface area contributed by atoms with Crippen molar-refractivity contribution in [2.45, 2.75) is 37.8 Å². The van der Waals surface area contributed by atoms with Crippen molar-refractivity contribution in [3.8, 4) is 0 Å². The first kappa shape index (κ1) is 13.3. The van der Waals surface area contributed by atoms with E-state index in [1.807, 2.05) is 0 Å². The van der Waals surface area contributed by atoms with Crippen LogP contribution in [0.15, 0.2) is 0 Å². The number of ether oxygens (including phenoxy) is 1. The first-order valence-corrected chi connectivity index (χ1v) is 8.20. The highest BCUT2D eigenvalue weighted by molar-refractivity contribution is 7.88. The fourth-order valence-electron chi connectivity index (χ4n) is 2.50. The fraction of sp³-hybridized carbons (Fsp3) is 1.00. The third-order valence-corrected chi connectivity index (χ3v) is 4.88. The van der Waals surface area contributed by atoms with Crippen molar-refractivity contribution in [3.63, 3.8) is 0 Å². The third-order valence-electron chi connectivity index (χ3n) is 3.58. The fourth-order valence-corrected chi connectivity index (χ4v) is 3.37. The predicted molar refractivity (Wildman–Crippen MR) is 66.4 cm³/mol. The molecule has 0 aromatic rings. The Kier molecular flexibility index (Phi) is 4.41. The van der Waals surface area contributed by atoms with Crippen LogP contribution in [-0.2, 0) is 14.8 Å². The first-order chi connectivity index (χ1) is 8.05. The van der Waals surface area contributed by atoms with Gasteiger partial charge in [-0.15, -0.1) is 0 Å². The van der Waals surface area contributed by atoms with Crippen LogP contribution in [0.25, 0.3) is 0 Å². The minimum absolute atomic E-state index is 0.364. The molecule has 2 heterocycles. The minimum Gasteiger partial charge on any atom is -0.377 e. The monoisotopic (exact) mass is 262 g/mol. The molecule has 0 aliphatic carbocycles. The minimum atomic E-state index is -3.00. The van der Waals surface area contributed by atoms with Gasteiger partial charge in [0.25, 0.3) is 0 Å². The van der Waals surface area contributed by atoms with E-state index in [0.717, 1.165) is 32.4 Å². The molecule has 2 rings (SSSR count). The number of rotatable bonds is 4. The molecular formula is C11H22N2O3S. The van der Waals surface area contributed by atoms with Crippen molar-refractivity contribution in [3.05, 3.63) is 0 Å².